The number of carboxylic acids is 1. The number of carboxylic acid groups (broad SMARTS) is 1. The molecule has 0 aromatic rings. The molecular weight excluding hydrogens is 540 g/mol. The van der Waals surface area contributed by atoms with Gasteiger partial charge in [0.15, 0.2) is 30.2 Å². The van der Waals surface area contributed by atoms with Crippen LogP contribution in [-0.2, 0) is 66.7 Å². The van der Waals surface area contributed by atoms with Gasteiger partial charge in [-0.1, -0.05) is 0 Å². The summed E-state index contributed by atoms with van der Waals surface area (Å²) in [7, 11) is 0. The van der Waals surface area contributed by atoms with Crippen molar-refractivity contribution in [3.8, 4) is 0 Å². The number of hydrogen-bond donors (Lipinski definition) is 1. The molecule has 15 heteroatoms. The highest BCUT2D eigenvalue weighted by Crippen LogP contribution is 2.32. The Kier molecular flexibility index (Phi) is 9.42. The topological polar surface area (TPSA) is 196 Å². The quantitative estimate of drug-likeness (QED) is 0.183. The van der Waals surface area contributed by atoms with Crippen molar-refractivity contribution in [1.82, 2.24) is 0 Å². The molecule has 1 N–H and O–H groups in total. The molecule has 0 saturated carbocycles. The summed E-state index contributed by atoms with van der Waals surface area (Å²) in [6, 6.07) is 0. The first-order valence-electron chi connectivity index (χ1n) is 12.2. The van der Waals surface area contributed by atoms with Crippen LogP contribution in [0, 0.1) is 0 Å². The first kappa shape index (κ1) is 29.1. The molecule has 8 atom stereocenters. The van der Waals surface area contributed by atoms with Crippen LogP contribution in [0.5, 0.6) is 0 Å². The van der Waals surface area contributed by atoms with Crippen molar-refractivity contribution >= 4 is 35.6 Å². The van der Waals surface area contributed by atoms with Gasteiger partial charge in [0.2, 0.25) is 0 Å². The molecule has 0 aromatic carbocycles. The molecule has 0 unspecified atom stereocenters. The Bertz CT molecular complexity index is 1040. The number of hydrogen-bond acceptors (Lipinski definition) is 14. The third kappa shape index (κ3) is 7.38. The van der Waals surface area contributed by atoms with E-state index in [0.29, 0.717) is 6.08 Å². The van der Waals surface area contributed by atoms with Gasteiger partial charge in [0, 0.05) is 30.4 Å². The van der Waals surface area contributed by atoms with Crippen molar-refractivity contribution in [3.05, 3.63) is 36.5 Å². The molecule has 4 aliphatic rings. The van der Waals surface area contributed by atoms with Crippen LogP contribution >= 0.6 is 0 Å². The molecule has 216 valence electrons. The lowest BCUT2D eigenvalue weighted by Gasteiger charge is -2.16. The second kappa shape index (κ2) is 13.0. The minimum absolute atomic E-state index is 0.0119. The van der Waals surface area contributed by atoms with Crippen molar-refractivity contribution in [2.75, 3.05) is 26.4 Å². The molecule has 4 heterocycles. The van der Waals surface area contributed by atoms with Crippen molar-refractivity contribution in [3.63, 3.8) is 0 Å². The molecule has 0 bridgehead atoms. The molecule has 15 nitrogen and oxygen atoms in total. The lowest BCUT2D eigenvalue weighted by Crippen LogP contribution is -2.36. The van der Waals surface area contributed by atoms with Crippen LogP contribution in [-0.4, -0.2) is 116 Å². The smallest absolute Gasteiger partial charge is 0.331 e. The van der Waals surface area contributed by atoms with E-state index in [2.05, 4.69) is 0 Å². The van der Waals surface area contributed by atoms with E-state index < -0.39 is 78.7 Å². The maximum absolute atomic E-state index is 12.3. The van der Waals surface area contributed by atoms with Gasteiger partial charge in [0.25, 0.3) is 0 Å². The van der Waals surface area contributed by atoms with Crippen LogP contribution in [0.4, 0.5) is 0 Å². The summed E-state index contributed by atoms with van der Waals surface area (Å²) in [5.74, 6) is -4.98. The van der Waals surface area contributed by atoms with E-state index in [1.807, 2.05) is 0 Å². The van der Waals surface area contributed by atoms with Gasteiger partial charge in [-0.3, -0.25) is 4.79 Å². The lowest BCUT2D eigenvalue weighted by atomic mass is 10.1. The van der Waals surface area contributed by atoms with Gasteiger partial charge < -0.3 is 43.0 Å². The number of ketones is 1. The maximum atomic E-state index is 12.3. The monoisotopic (exact) mass is 566 g/mol. The third-order valence-corrected chi connectivity index (χ3v) is 6.17. The summed E-state index contributed by atoms with van der Waals surface area (Å²) < 4.78 is 43.2. The van der Waals surface area contributed by atoms with Crippen LogP contribution in [0.2, 0.25) is 0 Å². The molecule has 0 aromatic heterocycles. The van der Waals surface area contributed by atoms with Gasteiger partial charge in [-0.25, -0.2) is 24.0 Å². The number of rotatable bonds is 10. The predicted octanol–water partition coefficient (Wildman–Crippen LogP) is -1.43. The van der Waals surface area contributed by atoms with Crippen molar-refractivity contribution in [2.24, 2.45) is 0 Å². The molecule has 4 saturated heterocycles. The van der Waals surface area contributed by atoms with Gasteiger partial charge in [-0.15, -0.1) is 0 Å². The van der Waals surface area contributed by atoms with E-state index in [0.717, 1.165) is 30.4 Å². The fourth-order valence-corrected chi connectivity index (χ4v) is 4.48. The zero-order valence-corrected chi connectivity index (χ0v) is 21.1. The Balaban J connectivity index is 1.20. The van der Waals surface area contributed by atoms with E-state index in [9.17, 15) is 28.8 Å². The fraction of sp³-hybridized carbons (Fsp3) is 0.520. The number of aliphatic carboxylic acids is 1. The number of allylic oxidation sites excluding steroid dienone is 1. The largest absolute Gasteiger partial charge is 0.478 e. The summed E-state index contributed by atoms with van der Waals surface area (Å²) in [6.07, 6.45) is -0.804. The van der Waals surface area contributed by atoms with Crippen molar-refractivity contribution in [2.45, 2.75) is 55.8 Å². The first-order valence-corrected chi connectivity index (χ1v) is 12.2. The van der Waals surface area contributed by atoms with Crippen LogP contribution in [0.1, 0.15) is 6.92 Å². The standard InChI is InChI=1S/C25H26O15/c1-12(26)2-4-18(29)37-13-8-33-24-15(10-35-22(13)24)39-20(31)6-7-21(32)40-16-11-36-23-14(9-34-25(16)23)38-19(30)5-3-17(27)28/h2-7,13-16,22-25H,8-11H2,1H3,(H,27,28)/b4-2+,5-3+,7-6+/t13-,14-,15-,16-,22+,23+,24+,25+/m0/s1. The normalized spacial score (nSPS) is 32.7. The lowest BCUT2D eigenvalue weighted by molar-refractivity contribution is -0.152. The summed E-state index contributed by atoms with van der Waals surface area (Å²) in [6.45, 7) is 1.19. The molecule has 0 aliphatic carbocycles. The zero-order chi connectivity index (χ0) is 28.8. The molecule has 4 aliphatic heterocycles. The number of fused-ring (bicyclic) bond motifs is 2. The molecule has 0 radical (unpaired) electrons. The second-order valence-corrected chi connectivity index (χ2v) is 9.04. The van der Waals surface area contributed by atoms with E-state index in [4.69, 9.17) is 43.0 Å². The number of carbonyl (C=O) groups is 6. The van der Waals surface area contributed by atoms with Crippen LogP contribution in [0.25, 0.3) is 0 Å². The first-order chi connectivity index (χ1) is 19.1. The Morgan fingerprint density at radius 2 is 0.800 bits per heavy atom. The van der Waals surface area contributed by atoms with Gasteiger partial charge in [0.05, 0.1) is 26.4 Å². The van der Waals surface area contributed by atoms with Gasteiger partial charge >= 0.3 is 29.8 Å². The highest BCUT2D eigenvalue weighted by Gasteiger charge is 2.52. The minimum Gasteiger partial charge on any atom is -0.478 e. The van der Waals surface area contributed by atoms with E-state index in [1.165, 1.54) is 6.92 Å². The zero-order valence-electron chi connectivity index (χ0n) is 21.1. The summed E-state index contributed by atoms with van der Waals surface area (Å²) in [5, 5.41) is 8.58. The van der Waals surface area contributed by atoms with Crippen molar-refractivity contribution in [1.29, 1.82) is 0 Å². The van der Waals surface area contributed by atoms with Gasteiger partial charge in [0.1, 0.15) is 24.4 Å². The SMILES string of the molecule is CC(=O)/C=C/C(=O)O[C@H]1CO[C@H]2[C@@H]1OC[C@@H]2OC(=O)/C=C/C(=O)O[C@H]1CO[C@H]2[C@@H]1OC[C@@H]2OC(=O)/C=C/C(=O)O. The average Bonchev–Trinajstić information content (AvgIpc) is 3.66. The van der Waals surface area contributed by atoms with Gasteiger partial charge in [-0.2, -0.15) is 0 Å². The summed E-state index contributed by atoms with van der Waals surface area (Å²) >= 11 is 0. The minimum atomic E-state index is -1.31. The Labute approximate surface area is 226 Å². The summed E-state index contributed by atoms with van der Waals surface area (Å²) in [5.41, 5.74) is 0. The number of carbonyl (C=O) groups excluding carboxylic acids is 5. The van der Waals surface area contributed by atoms with Crippen LogP contribution in [0.3, 0.4) is 0 Å². The predicted molar refractivity (Wildman–Crippen MR) is 124 cm³/mol. The molecule has 0 amide bonds. The maximum Gasteiger partial charge on any atom is 0.331 e. The fourth-order valence-electron chi connectivity index (χ4n) is 4.48. The highest BCUT2D eigenvalue weighted by molar-refractivity contribution is 5.94. The van der Waals surface area contributed by atoms with Crippen LogP contribution in [0.15, 0.2) is 36.5 Å². The molecule has 0 spiro atoms. The van der Waals surface area contributed by atoms with Crippen LogP contribution < -0.4 is 0 Å². The average molecular weight is 566 g/mol. The van der Waals surface area contributed by atoms with E-state index in [-0.39, 0.29) is 32.2 Å². The number of ether oxygens (including phenoxy) is 8. The summed E-state index contributed by atoms with van der Waals surface area (Å²) in [4.78, 5) is 69.5. The Morgan fingerprint density at radius 3 is 1.07 bits per heavy atom. The molecule has 4 fully saturated rings. The molecule has 4 rings (SSSR count). The Hall–Kier alpha value is -3.92. The van der Waals surface area contributed by atoms with E-state index >= 15 is 0 Å². The van der Waals surface area contributed by atoms with Gasteiger partial charge in [-0.05, 0) is 13.0 Å². The highest BCUT2D eigenvalue weighted by atomic mass is 16.7. The number of esters is 4. The molecular formula is C25H26O15. The Morgan fingerprint density at radius 1 is 0.525 bits per heavy atom. The van der Waals surface area contributed by atoms with E-state index in [1.54, 1.807) is 0 Å². The third-order valence-electron chi connectivity index (χ3n) is 6.17. The molecule has 40 heavy (non-hydrogen) atoms. The second-order valence-electron chi connectivity index (χ2n) is 9.04. The van der Waals surface area contributed by atoms with Crippen molar-refractivity contribution < 1.29 is 71.8 Å².